The molecule has 0 aromatic rings. The fourth-order valence-corrected chi connectivity index (χ4v) is 9.44. The van der Waals surface area contributed by atoms with E-state index >= 15 is 0 Å². The van der Waals surface area contributed by atoms with E-state index < -0.39 is 67.3 Å². The lowest BCUT2D eigenvalue weighted by atomic mass is 9.98. The van der Waals surface area contributed by atoms with E-state index in [1.165, 1.54) is 77.0 Å². The van der Waals surface area contributed by atoms with Crippen LogP contribution in [0, 0.1) is 0 Å². The van der Waals surface area contributed by atoms with Crippen molar-refractivity contribution in [3.8, 4) is 0 Å². The summed E-state index contributed by atoms with van der Waals surface area (Å²) in [6.45, 7) is 5.85. The summed E-state index contributed by atoms with van der Waals surface area (Å²) in [4.78, 5) is 51.3. The van der Waals surface area contributed by atoms with Crippen LogP contribution in [0.3, 0.4) is 0 Å². The summed E-state index contributed by atoms with van der Waals surface area (Å²) >= 11 is 0. The van der Waals surface area contributed by atoms with Crippen molar-refractivity contribution in [2.75, 3.05) is 13.2 Å². The number of carboxylic acid groups (broad SMARTS) is 1. The highest BCUT2D eigenvalue weighted by molar-refractivity contribution is 5.74. The van der Waals surface area contributed by atoms with Crippen molar-refractivity contribution in [3.63, 3.8) is 0 Å². The molecule has 12 nitrogen and oxygen atoms in total. The molecular weight excluding hydrogens is 1020 g/mol. The van der Waals surface area contributed by atoms with Crippen molar-refractivity contribution in [3.05, 3.63) is 85.1 Å². The number of hydrogen-bond donors (Lipinski definition) is 3. The number of allylic oxidation sites excluding steroid dienone is 14. The van der Waals surface area contributed by atoms with Crippen LogP contribution >= 0.6 is 0 Å². The fourth-order valence-electron chi connectivity index (χ4n) is 9.44. The number of esters is 3. The first-order chi connectivity index (χ1) is 39.6. The van der Waals surface area contributed by atoms with Gasteiger partial charge in [-0.05, 0) is 116 Å². The minimum Gasteiger partial charge on any atom is -0.479 e. The highest BCUT2D eigenvalue weighted by Crippen LogP contribution is 2.27. The molecule has 0 aromatic heterocycles. The average Bonchev–Trinajstić information content (AvgIpc) is 3.53. The minimum atomic E-state index is -1.91. The molecule has 1 rings (SSSR count). The molecule has 81 heavy (non-hydrogen) atoms. The Hall–Kier alpha value is -4.10. The Morgan fingerprint density at radius 3 is 1.22 bits per heavy atom. The molecule has 1 saturated heterocycles. The van der Waals surface area contributed by atoms with E-state index in [0.29, 0.717) is 19.3 Å². The van der Waals surface area contributed by atoms with Crippen LogP contribution in [0.2, 0.25) is 0 Å². The molecule has 1 fully saturated rings. The van der Waals surface area contributed by atoms with Crippen LogP contribution in [0.5, 0.6) is 0 Å². The van der Waals surface area contributed by atoms with Crippen molar-refractivity contribution < 1.29 is 58.2 Å². The average molecular weight is 1140 g/mol. The van der Waals surface area contributed by atoms with E-state index in [1.807, 2.05) is 0 Å². The van der Waals surface area contributed by atoms with Gasteiger partial charge in [-0.3, -0.25) is 14.4 Å². The van der Waals surface area contributed by atoms with Gasteiger partial charge in [0.2, 0.25) is 0 Å². The van der Waals surface area contributed by atoms with Gasteiger partial charge in [0.25, 0.3) is 0 Å². The number of rotatable bonds is 55. The molecule has 464 valence electrons. The van der Waals surface area contributed by atoms with Crippen LogP contribution < -0.4 is 0 Å². The van der Waals surface area contributed by atoms with Gasteiger partial charge in [0.05, 0.1) is 6.61 Å². The van der Waals surface area contributed by atoms with Crippen LogP contribution in [0.4, 0.5) is 0 Å². The van der Waals surface area contributed by atoms with Gasteiger partial charge in [0, 0.05) is 19.3 Å². The quantitative estimate of drug-likeness (QED) is 0.0228. The van der Waals surface area contributed by atoms with Gasteiger partial charge < -0.3 is 39.0 Å². The Balaban J connectivity index is 2.68. The Morgan fingerprint density at radius 1 is 0.420 bits per heavy atom. The summed E-state index contributed by atoms with van der Waals surface area (Å²) in [7, 11) is 0. The first-order valence-electron chi connectivity index (χ1n) is 32.6. The van der Waals surface area contributed by atoms with Gasteiger partial charge in [-0.25, -0.2) is 4.79 Å². The summed E-state index contributed by atoms with van der Waals surface area (Å²) in [6.07, 6.45) is 61.1. The summed E-state index contributed by atoms with van der Waals surface area (Å²) in [5, 5.41) is 31.6. The monoisotopic (exact) mass is 1140 g/mol. The third-order valence-electron chi connectivity index (χ3n) is 14.4. The van der Waals surface area contributed by atoms with Crippen molar-refractivity contribution in [1.82, 2.24) is 0 Å². The van der Waals surface area contributed by atoms with E-state index in [4.69, 9.17) is 23.7 Å². The number of carbonyl (C=O) groups excluding carboxylic acids is 3. The predicted octanol–water partition coefficient (Wildman–Crippen LogP) is 17.5. The highest BCUT2D eigenvalue weighted by Gasteiger charge is 2.50. The number of aliphatic hydroxyl groups is 2. The zero-order chi connectivity index (χ0) is 58.9. The highest BCUT2D eigenvalue weighted by atomic mass is 16.7. The van der Waals surface area contributed by atoms with Crippen LogP contribution in [-0.4, -0.2) is 89.2 Å². The van der Waals surface area contributed by atoms with E-state index in [9.17, 15) is 34.5 Å². The maximum Gasteiger partial charge on any atom is 0.335 e. The van der Waals surface area contributed by atoms with Gasteiger partial charge in [-0.2, -0.15) is 0 Å². The van der Waals surface area contributed by atoms with Crippen molar-refractivity contribution in [1.29, 1.82) is 0 Å². The normalized spacial score (nSPS) is 18.3. The summed E-state index contributed by atoms with van der Waals surface area (Å²) in [5.41, 5.74) is 0. The summed E-state index contributed by atoms with van der Waals surface area (Å²) in [6, 6.07) is 0. The second-order valence-corrected chi connectivity index (χ2v) is 22.0. The smallest absolute Gasteiger partial charge is 0.335 e. The van der Waals surface area contributed by atoms with Crippen molar-refractivity contribution in [2.24, 2.45) is 0 Å². The van der Waals surface area contributed by atoms with E-state index in [1.54, 1.807) is 0 Å². The maximum absolute atomic E-state index is 13.2. The van der Waals surface area contributed by atoms with Crippen molar-refractivity contribution >= 4 is 23.9 Å². The molecule has 3 N–H and O–H groups in total. The second kappa shape index (κ2) is 56.4. The zero-order valence-corrected chi connectivity index (χ0v) is 51.3. The molecule has 6 unspecified atom stereocenters. The Labute approximate surface area is 492 Å². The number of aliphatic carboxylic acids is 1. The predicted molar refractivity (Wildman–Crippen MR) is 331 cm³/mol. The molecular formula is C69H116O12. The molecule has 0 aromatic carbocycles. The number of unbranched alkanes of at least 4 members (excludes halogenated alkanes) is 27. The number of hydrogen-bond acceptors (Lipinski definition) is 11. The summed E-state index contributed by atoms with van der Waals surface area (Å²) in [5.74, 6) is -3.16. The lowest BCUT2D eigenvalue weighted by Gasteiger charge is -2.40. The van der Waals surface area contributed by atoms with Gasteiger partial charge in [0.15, 0.2) is 24.6 Å². The Morgan fingerprint density at radius 2 is 0.778 bits per heavy atom. The second-order valence-electron chi connectivity index (χ2n) is 22.0. The third-order valence-corrected chi connectivity index (χ3v) is 14.4. The number of aliphatic hydroxyl groups excluding tert-OH is 2. The molecule has 1 heterocycles. The molecule has 0 bridgehead atoms. The molecule has 1 aliphatic rings. The molecule has 1 aliphatic heterocycles. The van der Waals surface area contributed by atoms with E-state index in [0.717, 1.165) is 141 Å². The molecule has 0 saturated carbocycles. The molecule has 0 amide bonds. The number of carboxylic acids is 1. The van der Waals surface area contributed by atoms with Crippen LogP contribution in [0.15, 0.2) is 85.1 Å². The SMILES string of the molecule is CC/C=C\C/C=C\C/C=C\CCCCCCCC(=O)OC(COC(=O)CCCCCCCC/C=C\C/C=C\C/C=C\CCCCC)COC1OC(C(=O)O)C(O)C(O)C1OC(=O)CCCCCCCCC/C=C\CCCCCCCC. The largest absolute Gasteiger partial charge is 0.479 e. The van der Waals surface area contributed by atoms with Crippen LogP contribution in [-0.2, 0) is 42.9 Å². The number of carbonyl (C=O) groups is 4. The lowest BCUT2D eigenvalue weighted by Crippen LogP contribution is -2.61. The first-order valence-corrected chi connectivity index (χ1v) is 32.6. The maximum atomic E-state index is 13.2. The molecule has 0 radical (unpaired) electrons. The zero-order valence-electron chi connectivity index (χ0n) is 51.3. The standard InChI is InChI=1S/C69H116O12/c1-4-7-10-13-16-19-22-25-28-30-31-33-35-37-40-43-46-49-52-55-61(70)77-58-60(79-62(71)56-53-50-47-44-41-38-34-27-24-21-18-15-12-9-6-3)59-78-69-67(65(74)64(73)66(81-69)68(75)76)80-63(72)57-54-51-48-45-42-39-36-32-29-26-23-20-17-14-11-8-5-2/h9,12,16,18-19,21,25-29,31,33-34,60,64-67,69,73-74H,4-8,10-11,13-15,17,20,22-24,30,32,35-59H2,1-3H3,(H,75,76)/b12-9-,19-16-,21-18-,28-25-,29-26-,33-31-,34-27-. The topological polar surface area (TPSA) is 175 Å². The van der Waals surface area contributed by atoms with Gasteiger partial charge in [0.1, 0.15) is 18.8 Å². The lowest BCUT2D eigenvalue weighted by molar-refractivity contribution is -0.301. The van der Waals surface area contributed by atoms with Crippen LogP contribution in [0.25, 0.3) is 0 Å². The Kier molecular flexibility index (Phi) is 52.1. The Bertz CT molecular complexity index is 1730. The molecule has 12 heteroatoms. The van der Waals surface area contributed by atoms with Gasteiger partial charge in [-0.1, -0.05) is 228 Å². The molecule has 6 atom stereocenters. The first kappa shape index (κ1) is 74.9. The summed E-state index contributed by atoms with van der Waals surface area (Å²) < 4.78 is 28.5. The van der Waals surface area contributed by atoms with Gasteiger partial charge in [-0.15, -0.1) is 0 Å². The van der Waals surface area contributed by atoms with E-state index in [2.05, 4.69) is 106 Å². The van der Waals surface area contributed by atoms with Crippen molar-refractivity contribution in [2.45, 2.75) is 314 Å². The van der Waals surface area contributed by atoms with Crippen LogP contribution in [0.1, 0.15) is 278 Å². The minimum absolute atomic E-state index is 0.0499. The molecule has 0 aliphatic carbocycles. The third kappa shape index (κ3) is 46.0. The van der Waals surface area contributed by atoms with E-state index in [-0.39, 0.29) is 25.9 Å². The molecule has 0 spiro atoms. The number of ether oxygens (including phenoxy) is 5. The van der Waals surface area contributed by atoms with Gasteiger partial charge >= 0.3 is 23.9 Å². The fraction of sp³-hybridized carbons (Fsp3) is 0.739.